The van der Waals surface area contributed by atoms with Crippen LogP contribution in [-0.2, 0) is 39.4 Å². The summed E-state index contributed by atoms with van der Waals surface area (Å²) in [6, 6.07) is 2.79. The van der Waals surface area contributed by atoms with E-state index in [1.54, 1.807) is 6.07 Å². The Balaban J connectivity index is 3.29. The smallest absolute Gasteiger partial charge is 0.374 e. The number of pyridine rings is 1. The van der Waals surface area contributed by atoms with Crippen LogP contribution in [-0.4, -0.2) is 74.0 Å². The number of hydrogen-bond acceptors (Lipinski definition) is 9. The number of carbonyl (C=O) groups is 2. The molecule has 0 atom stereocenters. The van der Waals surface area contributed by atoms with Crippen LogP contribution in [0, 0.1) is 0 Å². The van der Waals surface area contributed by atoms with Crippen molar-refractivity contribution in [3.05, 3.63) is 28.6 Å². The maximum atomic E-state index is 12.4. The Morgan fingerprint density at radius 1 is 0.684 bits per heavy atom. The third-order valence-corrected chi connectivity index (χ3v) is 12.0. The van der Waals surface area contributed by atoms with Gasteiger partial charge in [-0.3, -0.25) is 9.59 Å². The highest BCUT2D eigenvalue weighted by atomic mass is 28.4. The first-order valence-electron chi connectivity index (χ1n) is 13.6. The number of amides is 2. The molecule has 38 heavy (non-hydrogen) atoms. The summed E-state index contributed by atoms with van der Waals surface area (Å²) in [5, 5.41) is 0. The molecule has 13 heteroatoms. The standard InChI is InChI=1S/C25H47N3O8Si2/c1-7-31-37(32-8-2,33-9-3)17-13-15-20-19-22(24(26)29)28-23(25(27)30)21(20)16-14-18-38(34-10-4,35-11-5)36-12-6/h19H,7-18H2,1-6H3,(H2,26,29)(H2,27,30). The molecule has 0 aliphatic carbocycles. The van der Waals surface area contributed by atoms with Crippen molar-refractivity contribution in [1.82, 2.24) is 4.98 Å². The van der Waals surface area contributed by atoms with E-state index >= 15 is 0 Å². The van der Waals surface area contributed by atoms with E-state index in [0.717, 1.165) is 5.56 Å². The highest BCUT2D eigenvalue weighted by Gasteiger charge is 2.41. The molecule has 0 bridgehead atoms. The Morgan fingerprint density at radius 3 is 1.42 bits per heavy atom. The molecule has 0 spiro atoms. The van der Waals surface area contributed by atoms with Gasteiger partial charge in [0.05, 0.1) is 0 Å². The largest absolute Gasteiger partial charge is 0.500 e. The molecule has 1 rings (SSSR count). The Bertz CT molecular complexity index is 841. The summed E-state index contributed by atoms with van der Waals surface area (Å²) in [7, 11) is -5.73. The molecule has 1 heterocycles. The summed E-state index contributed by atoms with van der Waals surface area (Å²) in [5.41, 5.74) is 12.7. The van der Waals surface area contributed by atoms with Gasteiger partial charge in [-0.2, -0.15) is 0 Å². The molecule has 0 aliphatic rings. The molecular weight excluding hydrogens is 526 g/mol. The summed E-state index contributed by atoms with van der Waals surface area (Å²) in [5.74, 6) is -1.44. The zero-order valence-corrected chi connectivity index (χ0v) is 25.9. The first kappa shape index (κ1) is 34.3. The minimum Gasteiger partial charge on any atom is -0.374 e. The predicted octanol–water partition coefficient (Wildman–Crippen LogP) is 3.24. The number of rotatable bonds is 22. The normalized spacial score (nSPS) is 12.2. The van der Waals surface area contributed by atoms with E-state index in [0.29, 0.717) is 83.0 Å². The molecule has 0 saturated carbocycles. The van der Waals surface area contributed by atoms with Crippen LogP contribution in [0.1, 0.15) is 86.5 Å². The van der Waals surface area contributed by atoms with Crippen LogP contribution in [0.3, 0.4) is 0 Å². The molecule has 0 radical (unpaired) electrons. The van der Waals surface area contributed by atoms with Gasteiger partial charge < -0.3 is 38.0 Å². The Hall–Kier alpha value is -1.72. The zero-order valence-electron chi connectivity index (χ0n) is 23.9. The lowest BCUT2D eigenvalue weighted by Crippen LogP contribution is -2.46. The molecule has 0 unspecified atom stereocenters. The second kappa shape index (κ2) is 17.8. The number of carbonyl (C=O) groups excluding carboxylic acids is 2. The number of nitrogens with two attached hydrogens (primary N) is 2. The van der Waals surface area contributed by atoms with Gasteiger partial charge >= 0.3 is 17.6 Å². The quantitative estimate of drug-likeness (QED) is 0.199. The number of primary amides is 2. The number of aromatic nitrogens is 1. The number of aryl methyl sites for hydroxylation is 1. The summed E-state index contributed by atoms with van der Waals surface area (Å²) in [4.78, 5) is 28.6. The zero-order chi connectivity index (χ0) is 28.6. The van der Waals surface area contributed by atoms with Gasteiger partial charge in [0.2, 0.25) is 0 Å². The molecule has 1 aromatic heterocycles. The third kappa shape index (κ3) is 10.5. The lowest BCUT2D eigenvalue weighted by atomic mass is 9.96. The van der Waals surface area contributed by atoms with E-state index in [-0.39, 0.29) is 11.4 Å². The maximum absolute atomic E-state index is 12.4. The fourth-order valence-corrected chi connectivity index (χ4v) is 9.66. The summed E-state index contributed by atoms with van der Waals surface area (Å²) in [6.45, 7) is 14.3. The van der Waals surface area contributed by atoms with Gasteiger partial charge in [-0.25, -0.2) is 4.98 Å². The van der Waals surface area contributed by atoms with Crippen molar-refractivity contribution < 1.29 is 36.1 Å². The van der Waals surface area contributed by atoms with E-state index in [1.165, 1.54) is 0 Å². The van der Waals surface area contributed by atoms with Crippen LogP contribution >= 0.6 is 0 Å². The second-order valence-electron chi connectivity index (χ2n) is 8.39. The monoisotopic (exact) mass is 573 g/mol. The van der Waals surface area contributed by atoms with E-state index in [9.17, 15) is 9.59 Å². The lowest BCUT2D eigenvalue weighted by Gasteiger charge is -2.29. The summed E-state index contributed by atoms with van der Waals surface area (Å²) < 4.78 is 35.8. The van der Waals surface area contributed by atoms with Crippen molar-refractivity contribution in [3.8, 4) is 0 Å². The minimum absolute atomic E-state index is 0.00199. The molecule has 4 N–H and O–H groups in total. The molecule has 2 amide bonds. The fraction of sp³-hybridized carbons (Fsp3) is 0.720. The van der Waals surface area contributed by atoms with Crippen molar-refractivity contribution in [3.63, 3.8) is 0 Å². The van der Waals surface area contributed by atoms with Gasteiger partial charge in [0.25, 0.3) is 11.8 Å². The third-order valence-electron chi connectivity index (χ3n) is 5.73. The predicted molar refractivity (Wildman–Crippen MR) is 149 cm³/mol. The minimum atomic E-state index is -2.87. The molecule has 0 aliphatic heterocycles. The topological polar surface area (TPSA) is 154 Å². The van der Waals surface area contributed by atoms with Crippen molar-refractivity contribution in [1.29, 1.82) is 0 Å². The van der Waals surface area contributed by atoms with Crippen LogP contribution in [0.4, 0.5) is 0 Å². The van der Waals surface area contributed by atoms with Crippen LogP contribution in [0.5, 0.6) is 0 Å². The van der Waals surface area contributed by atoms with Crippen molar-refractivity contribution in [2.24, 2.45) is 11.5 Å². The van der Waals surface area contributed by atoms with Gasteiger partial charge in [0, 0.05) is 51.7 Å². The van der Waals surface area contributed by atoms with Crippen molar-refractivity contribution in [2.45, 2.75) is 79.3 Å². The van der Waals surface area contributed by atoms with Crippen molar-refractivity contribution in [2.75, 3.05) is 39.6 Å². The van der Waals surface area contributed by atoms with Crippen LogP contribution < -0.4 is 11.5 Å². The Kier molecular flexibility index (Phi) is 16.1. The molecule has 1 aromatic rings. The van der Waals surface area contributed by atoms with E-state index in [1.807, 2.05) is 41.5 Å². The van der Waals surface area contributed by atoms with Gasteiger partial charge in [0.1, 0.15) is 11.4 Å². The van der Waals surface area contributed by atoms with E-state index in [2.05, 4.69) is 4.98 Å². The fourth-order valence-electron chi connectivity index (χ4n) is 4.44. The maximum Gasteiger partial charge on any atom is 0.500 e. The van der Waals surface area contributed by atoms with Gasteiger partial charge in [-0.15, -0.1) is 0 Å². The first-order chi connectivity index (χ1) is 18.2. The van der Waals surface area contributed by atoms with Crippen LogP contribution in [0.15, 0.2) is 6.07 Å². The van der Waals surface area contributed by atoms with Crippen molar-refractivity contribution >= 4 is 29.4 Å². The summed E-state index contributed by atoms with van der Waals surface area (Å²) >= 11 is 0. The van der Waals surface area contributed by atoms with Gasteiger partial charge in [-0.1, -0.05) is 0 Å². The molecule has 0 aromatic carbocycles. The molecule has 0 saturated heterocycles. The average molecular weight is 574 g/mol. The Labute approximate surface area is 229 Å². The first-order valence-corrected chi connectivity index (χ1v) is 17.5. The average Bonchev–Trinajstić information content (AvgIpc) is 2.85. The van der Waals surface area contributed by atoms with E-state index < -0.39 is 29.4 Å². The lowest BCUT2D eigenvalue weighted by molar-refractivity contribution is 0.0699. The molecular formula is C25H47N3O8Si2. The van der Waals surface area contributed by atoms with Gasteiger partial charge in [-0.05, 0) is 84.4 Å². The summed E-state index contributed by atoms with van der Waals surface area (Å²) in [6.07, 6.45) is 2.28. The van der Waals surface area contributed by atoms with Crippen LogP contribution in [0.2, 0.25) is 12.1 Å². The van der Waals surface area contributed by atoms with Gasteiger partial charge in [0.15, 0.2) is 0 Å². The number of nitrogens with zero attached hydrogens (tertiary/aromatic N) is 1. The molecule has 0 fully saturated rings. The van der Waals surface area contributed by atoms with E-state index in [4.69, 9.17) is 38.0 Å². The molecule has 11 nitrogen and oxygen atoms in total. The SMILES string of the molecule is CCO[Si](CCCc1cc(C(N)=O)nc(C(N)=O)c1CCC[Si](OCC)(OCC)OCC)(OCC)OCC. The highest BCUT2D eigenvalue weighted by Crippen LogP contribution is 2.26. The van der Waals surface area contributed by atoms with Crippen LogP contribution in [0.25, 0.3) is 0 Å². The second-order valence-corrected chi connectivity index (χ2v) is 13.9. The molecule has 218 valence electrons. The highest BCUT2D eigenvalue weighted by molar-refractivity contribution is 6.61. The number of hydrogen-bond donors (Lipinski definition) is 2. The Morgan fingerprint density at radius 2 is 1.08 bits per heavy atom.